The molecule has 0 saturated heterocycles. The molecule has 0 fully saturated rings. The van der Waals surface area contributed by atoms with Crippen molar-refractivity contribution in [3.63, 3.8) is 0 Å². The fourth-order valence-corrected chi connectivity index (χ4v) is 2.20. The van der Waals surface area contributed by atoms with Gasteiger partial charge >= 0.3 is 0 Å². The van der Waals surface area contributed by atoms with Crippen LogP contribution in [-0.4, -0.2) is 44.1 Å². The second kappa shape index (κ2) is 11.4. The molecule has 0 radical (unpaired) electrons. The number of hydrogen-bond donors (Lipinski definition) is 3. The maximum absolute atomic E-state index is 12.1. The largest absolute Gasteiger partial charge is 0.497 e. The number of nitrogens with zero attached hydrogens (tertiary/aromatic N) is 2. The van der Waals surface area contributed by atoms with Crippen LogP contribution in [0.25, 0.3) is 0 Å². The molecule has 0 aliphatic heterocycles. The molecular formula is C18H26IN5O3. The van der Waals surface area contributed by atoms with Crippen LogP contribution in [-0.2, 0) is 6.54 Å². The normalized spacial score (nSPS) is 10.7. The summed E-state index contributed by atoms with van der Waals surface area (Å²) in [5.41, 5.74) is 1.47. The number of oxazole rings is 1. The van der Waals surface area contributed by atoms with Crippen molar-refractivity contribution in [1.29, 1.82) is 0 Å². The van der Waals surface area contributed by atoms with Crippen LogP contribution in [0.1, 0.15) is 27.7 Å². The van der Waals surface area contributed by atoms with Gasteiger partial charge in [-0.25, -0.2) is 4.98 Å². The summed E-state index contributed by atoms with van der Waals surface area (Å²) in [7, 11) is 3.27. The van der Waals surface area contributed by atoms with Crippen molar-refractivity contribution in [3.8, 4) is 5.75 Å². The summed E-state index contributed by atoms with van der Waals surface area (Å²) in [6.07, 6.45) is 0. The molecule has 0 bridgehead atoms. The summed E-state index contributed by atoms with van der Waals surface area (Å²) in [5.74, 6) is 2.61. The number of aliphatic imine (C=N–C) groups is 1. The number of aromatic nitrogens is 1. The fourth-order valence-electron chi connectivity index (χ4n) is 2.20. The molecule has 0 aliphatic carbocycles. The van der Waals surface area contributed by atoms with E-state index in [2.05, 4.69) is 25.9 Å². The second-order valence-electron chi connectivity index (χ2n) is 5.59. The van der Waals surface area contributed by atoms with Crippen LogP contribution in [0.3, 0.4) is 0 Å². The number of carbonyl (C=O) groups excluding carboxylic acids is 1. The molecule has 1 aromatic heterocycles. The number of carbonyl (C=O) groups is 1. The van der Waals surface area contributed by atoms with Gasteiger partial charge in [-0.2, -0.15) is 0 Å². The van der Waals surface area contributed by atoms with Gasteiger partial charge in [0.15, 0.2) is 5.96 Å². The van der Waals surface area contributed by atoms with Crippen LogP contribution in [0.4, 0.5) is 0 Å². The summed E-state index contributed by atoms with van der Waals surface area (Å²) < 4.78 is 10.6. The molecule has 0 aliphatic rings. The van der Waals surface area contributed by atoms with Gasteiger partial charge in [0.2, 0.25) is 5.89 Å². The van der Waals surface area contributed by atoms with Crippen molar-refractivity contribution in [2.75, 3.05) is 27.2 Å². The maximum atomic E-state index is 12.1. The number of rotatable bonds is 7. The average Bonchev–Trinajstić information content (AvgIpc) is 2.98. The van der Waals surface area contributed by atoms with E-state index in [-0.39, 0.29) is 29.9 Å². The van der Waals surface area contributed by atoms with Gasteiger partial charge < -0.3 is 25.1 Å². The Balaban J connectivity index is 0.00000364. The number of halogens is 1. The molecule has 0 atom stereocenters. The fraction of sp³-hybridized carbons (Fsp3) is 0.389. The second-order valence-corrected chi connectivity index (χ2v) is 5.59. The first-order valence-electron chi connectivity index (χ1n) is 8.33. The number of aryl methyl sites for hydroxylation is 2. The smallest absolute Gasteiger partial charge is 0.251 e. The molecule has 0 saturated carbocycles. The first-order chi connectivity index (χ1) is 12.5. The van der Waals surface area contributed by atoms with Gasteiger partial charge in [-0.1, -0.05) is 0 Å². The third-order valence-corrected chi connectivity index (χ3v) is 3.76. The van der Waals surface area contributed by atoms with Gasteiger partial charge in [-0.15, -0.1) is 24.0 Å². The van der Waals surface area contributed by atoms with Crippen LogP contribution < -0.4 is 20.7 Å². The van der Waals surface area contributed by atoms with Crippen LogP contribution in [0.5, 0.6) is 5.75 Å². The van der Waals surface area contributed by atoms with Gasteiger partial charge in [-0.05, 0) is 38.1 Å². The van der Waals surface area contributed by atoms with E-state index in [1.807, 2.05) is 13.8 Å². The molecule has 2 aromatic rings. The lowest BCUT2D eigenvalue weighted by Gasteiger charge is -2.11. The van der Waals surface area contributed by atoms with Gasteiger partial charge in [0.25, 0.3) is 5.91 Å². The van der Waals surface area contributed by atoms with Gasteiger partial charge in [0, 0.05) is 25.7 Å². The van der Waals surface area contributed by atoms with E-state index in [0.717, 1.165) is 17.2 Å². The van der Waals surface area contributed by atoms with Crippen molar-refractivity contribution in [2.45, 2.75) is 20.4 Å². The number of hydrogen-bond acceptors (Lipinski definition) is 5. The number of nitrogens with one attached hydrogen (secondary N) is 3. The molecule has 148 valence electrons. The number of amides is 1. The Morgan fingerprint density at radius 1 is 1.15 bits per heavy atom. The molecule has 3 N–H and O–H groups in total. The molecule has 2 rings (SSSR count). The van der Waals surface area contributed by atoms with Gasteiger partial charge in [-0.3, -0.25) is 9.79 Å². The van der Waals surface area contributed by atoms with Crippen molar-refractivity contribution < 1.29 is 13.9 Å². The highest BCUT2D eigenvalue weighted by atomic mass is 127. The SMILES string of the molecule is CN=C(NCCNC(=O)c1ccc(OC)cc1)NCc1nc(C)c(C)o1.I. The molecular weight excluding hydrogens is 461 g/mol. The summed E-state index contributed by atoms with van der Waals surface area (Å²) >= 11 is 0. The minimum absolute atomic E-state index is 0. The summed E-state index contributed by atoms with van der Waals surface area (Å²) in [6.45, 7) is 5.21. The monoisotopic (exact) mass is 487 g/mol. The van der Waals surface area contributed by atoms with Crippen LogP contribution in [0.15, 0.2) is 33.7 Å². The lowest BCUT2D eigenvalue weighted by atomic mass is 10.2. The topological polar surface area (TPSA) is 101 Å². The van der Waals surface area contributed by atoms with Crippen LogP contribution in [0.2, 0.25) is 0 Å². The van der Waals surface area contributed by atoms with Gasteiger partial charge in [0.1, 0.15) is 11.5 Å². The van der Waals surface area contributed by atoms with E-state index >= 15 is 0 Å². The van der Waals surface area contributed by atoms with Crippen molar-refractivity contribution >= 4 is 35.8 Å². The Hall–Kier alpha value is -2.30. The molecule has 0 unspecified atom stereocenters. The zero-order chi connectivity index (χ0) is 18.9. The van der Waals surface area contributed by atoms with Crippen molar-refractivity contribution in [1.82, 2.24) is 20.9 Å². The first kappa shape index (κ1) is 22.7. The Bertz CT molecular complexity index is 739. The maximum Gasteiger partial charge on any atom is 0.251 e. The highest BCUT2D eigenvalue weighted by molar-refractivity contribution is 14.0. The van der Waals surface area contributed by atoms with E-state index < -0.39 is 0 Å². The van der Waals surface area contributed by atoms with Crippen molar-refractivity contribution in [3.05, 3.63) is 47.2 Å². The Morgan fingerprint density at radius 3 is 2.37 bits per heavy atom. The molecule has 8 nitrogen and oxygen atoms in total. The van der Waals surface area contributed by atoms with E-state index in [1.165, 1.54) is 0 Å². The van der Waals surface area contributed by atoms with E-state index in [9.17, 15) is 4.79 Å². The highest BCUT2D eigenvalue weighted by Crippen LogP contribution is 2.11. The quantitative estimate of drug-likeness (QED) is 0.239. The summed E-state index contributed by atoms with van der Waals surface area (Å²) in [5, 5.41) is 9.08. The molecule has 1 aromatic carbocycles. The lowest BCUT2D eigenvalue weighted by molar-refractivity contribution is 0.0954. The zero-order valence-electron chi connectivity index (χ0n) is 16.0. The zero-order valence-corrected chi connectivity index (χ0v) is 18.3. The molecule has 9 heteroatoms. The van der Waals surface area contributed by atoms with E-state index in [1.54, 1.807) is 38.4 Å². The highest BCUT2D eigenvalue weighted by Gasteiger charge is 2.07. The summed E-state index contributed by atoms with van der Waals surface area (Å²) in [6, 6.07) is 6.96. The number of ether oxygens (including phenoxy) is 1. The lowest BCUT2D eigenvalue weighted by Crippen LogP contribution is -2.41. The van der Waals surface area contributed by atoms with Crippen LogP contribution >= 0.6 is 24.0 Å². The minimum Gasteiger partial charge on any atom is -0.497 e. The predicted molar refractivity (Wildman–Crippen MR) is 115 cm³/mol. The summed E-state index contributed by atoms with van der Waals surface area (Å²) in [4.78, 5) is 20.5. The minimum atomic E-state index is -0.136. The molecule has 1 amide bonds. The standard InChI is InChI=1S/C18H25N5O3.HI/c1-12-13(2)26-16(23-12)11-22-18(19-3)21-10-9-20-17(24)14-5-7-15(25-4)8-6-14;/h5-8H,9-11H2,1-4H3,(H,20,24)(H2,19,21,22);1H. The Morgan fingerprint density at radius 2 is 1.81 bits per heavy atom. The average molecular weight is 487 g/mol. The van der Waals surface area contributed by atoms with Gasteiger partial charge in [0.05, 0.1) is 19.3 Å². The van der Waals surface area contributed by atoms with Crippen LogP contribution in [0, 0.1) is 13.8 Å². The van der Waals surface area contributed by atoms with E-state index in [4.69, 9.17) is 9.15 Å². The number of benzene rings is 1. The third-order valence-electron chi connectivity index (χ3n) is 3.76. The third kappa shape index (κ3) is 7.08. The predicted octanol–water partition coefficient (Wildman–Crippen LogP) is 2.01. The Labute approximate surface area is 176 Å². The number of guanidine groups is 1. The molecule has 27 heavy (non-hydrogen) atoms. The Kier molecular flexibility index (Phi) is 9.62. The molecule has 1 heterocycles. The van der Waals surface area contributed by atoms with Crippen molar-refractivity contribution in [2.24, 2.45) is 4.99 Å². The molecule has 0 spiro atoms. The number of methoxy groups -OCH3 is 1. The van der Waals surface area contributed by atoms with E-state index in [0.29, 0.717) is 37.0 Å². The first-order valence-corrected chi connectivity index (χ1v) is 8.33.